The molecule has 0 unspecified atom stereocenters. The van der Waals surface area contributed by atoms with Gasteiger partial charge < -0.3 is 5.32 Å². The lowest BCUT2D eigenvalue weighted by Gasteiger charge is -2.22. The molecule has 0 fully saturated rings. The van der Waals surface area contributed by atoms with Gasteiger partial charge in [-0.1, -0.05) is 76.6 Å². The van der Waals surface area contributed by atoms with Gasteiger partial charge in [0, 0.05) is 16.6 Å². The van der Waals surface area contributed by atoms with Crippen molar-refractivity contribution in [3.05, 3.63) is 101 Å². The number of carbonyl (C=O) groups is 1. The van der Waals surface area contributed by atoms with Crippen molar-refractivity contribution in [2.75, 3.05) is 5.32 Å². The highest BCUT2D eigenvalue weighted by molar-refractivity contribution is 9.10. The summed E-state index contributed by atoms with van der Waals surface area (Å²) >= 11 is 3.47. The molecule has 0 saturated heterocycles. The number of benzene rings is 3. The molecular formula is C22H18BrN3O. The number of rotatable bonds is 3. The maximum atomic E-state index is 12.9. The lowest BCUT2D eigenvalue weighted by atomic mass is 9.99. The van der Waals surface area contributed by atoms with Gasteiger partial charge in [-0.15, -0.1) is 0 Å². The number of halogens is 1. The minimum absolute atomic E-state index is 0.142. The molecule has 3 aromatic rings. The molecule has 4 rings (SSSR count). The van der Waals surface area contributed by atoms with Crippen molar-refractivity contribution in [2.45, 2.75) is 12.5 Å². The number of carbonyl (C=O) groups excluding carboxylic acids is 1. The molecule has 4 nitrogen and oxygen atoms in total. The molecule has 1 aliphatic rings. The quantitative estimate of drug-likeness (QED) is 0.569. The lowest BCUT2D eigenvalue weighted by molar-refractivity contribution is 0.200. The number of amides is 2. The van der Waals surface area contributed by atoms with Crippen LogP contribution < -0.4 is 5.32 Å². The number of hydrazone groups is 1. The Morgan fingerprint density at radius 1 is 0.926 bits per heavy atom. The van der Waals surface area contributed by atoms with Crippen LogP contribution in [0.15, 0.2) is 94.5 Å². The Morgan fingerprint density at radius 2 is 1.56 bits per heavy atom. The van der Waals surface area contributed by atoms with E-state index < -0.39 is 0 Å². The van der Waals surface area contributed by atoms with Crippen molar-refractivity contribution in [3.63, 3.8) is 0 Å². The van der Waals surface area contributed by atoms with Gasteiger partial charge in [0.1, 0.15) is 0 Å². The average molecular weight is 420 g/mol. The van der Waals surface area contributed by atoms with E-state index in [2.05, 4.69) is 26.3 Å². The van der Waals surface area contributed by atoms with E-state index in [1.807, 2.05) is 84.9 Å². The van der Waals surface area contributed by atoms with E-state index in [9.17, 15) is 4.79 Å². The smallest absolute Gasteiger partial charge is 0.306 e. The van der Waals surface area contributed by atoms with E-state index in [0.717, 1.165) is 27.0 Å². The van der Waals surface area contributed by atoms with E-state index in [0.29, 0.717) is 6.42 Å². The molecule has 0 bridgehead atoms. The maximum absolute atomic E-state index is 12.9. The number of hydrogen-bond donors (Lipinski definition) is 1. The zero-order valence-electron chi connectivity index (χ0n) is 14.5. The Balaban J connectivity index is 1.65. The summed E-state index contributed by atoms with van der Waals surface area (Å²) in [6, 6.07) is 27.1. The summed E-state index contributed by atoms with van der Waals surface area (Å²) in [6.45, 7) is 0. The van der Waals surface area contributed by atoms with Gasteiger partial charge in [0.2, 0.25) is 0 Å². The van der Waals surface area contributed by atoms with Crippen LogP contribution in [0.5, 0.6) is 0 Å². The molecular weight excluding hydrogens is 402 g/mol. The Morgan fingerprint density at radius 3 is 2.22 bits per heavy atom. The van der Waals surface area contributed by atoms with E-state index >= 15 is 0 Å². The first-order chi connectivity index (χ1) is 13.2. The van der Waals surface area contributed by atoms with Crippen LogP contribution in [0.4, 0.5) is 10.5 Å². The van der Waals surface area contributed by atoms with Gasteiger partial charge in [0.05, 0.1) is 11.8 Å². The van der Waals surface area contributed by atoms with Gasteiger partial charge in [0.25, 0.3) is 0 Å². The van der Waals surface area contributed by atoms with Crippen LogP contribution in [0.3, 0.4) is 0 Å². The molecule has 134 valence electrons. The number of nitrogens with zero attached hydrogens (tertiary/aromatic N) is 2. The summed E-state index contributed by atoms with van der Waals surface area (Å²) < 4.78 is 1.01. The molecule has 1 heterocycles. The van der Waals surface area contributed by atoms with Gasteiger partial charge in [-0.3, -0.25) is 0 Å². The van der Waals surface area contributed by atoms with Crippen LogP contribution in [0.1, 0.15) is 23.6 Å². The Bertz CT molecular complexity index is 956. The maximum Gasteiger partial charge on any atom is 0.342 e. The molecule has 0 radical (unpaired) electrons. The second-order valence-corrected chi connectivity index (χ2v) is 7.24. The minimum atomic E-state index is -0.236. The predicted molar refractivity (Wildman–Crippen MR) is 112 cm³/mol. The Hall–Kier alpha value is -2.92. The van der Waals surface area contributed by atoms with Crippen LogP contribution in [0.25, 0.3) is 0 Å². The number of hydrogen-bond acceptors (Lipinski definition) is 2. The van der Waals surface area contributed by atoms with Crippen molar-refractivity contribution < 1.29 is 4.79 Å². The zero-order valence-corrected chi connectivity index (χ0v) is 16.1. The summed E-state index contributed by atoms with van der Waals surface area (Å²) in [6.07, 6.45) is 0.674. The van der Waals surface area contributed by atoms with E-state index in [1.165, 1.54) is 0 Å². The predicted octanol–water partition coefficient (Wildman–Crippen LogP) is 5.83. The number of nitrogens with one attached hydrogen (secondary N) is 1. The van der Waals surface area contributed by atoms with Gasteiger partial charge in [-0.2, -0.15) is 5.10 Å². The van der Waals surface area contributed by atoms with Crippen LogP contribution >= 0.6 is 15.9 Å². The first-order valence-corrected chi connectivity index (χ1v) is 9.53. The van der Waals surface area contributed by atoms with Gasteiger partial charge >= 0.3 is 6.03 Å². The lowest BCUT2D eigenvalue weighted by Crippen LogP contribution is -2.31. The molecule has 1 N–H and O–H groups in total. The first-order valence-electron chi connectivity index (χ1n) is 8.74. The first kappa shape index (κ1) is 17.5. The third kappa shape index (κ3) is 3.93. The highest BCUT2D eigenvalue weighted by Gasteiger charge is 2.33. The standard InChI is InChI=1S/C22H18BrN3O/c23-18-13-11-17(12-14-18)21-15-20(16-7-3-1-4-8-16)25-26(21)22(27)24-19-9-5-2-6-10-19/h1-14,21H,15H2,(H,24,27)/t21-/m1/s1. The van der Waals surface area contributed by atoms with Gasteiger partial charge in [-0.05, 0) is 35.4 Å². The fourth-order valence-corrected chi connectivity index (χ4v) is 3.41. The zero-order chi connectivity index (χ0) is 18.6. The highest BCUT2D eigenvalue weighted by atomic mass is 79.9. The summed E-state index contributed by atoms with van der Waals surface area (Å²) in [7, 11) is 0. The average Bonchev–Trinajstić information content (AvgIpc) is 3.16. The largest absolute Gasteiger partial charge is 0.342 e. The Kier molecular flexibility index (Phi) is 5.03. The molecule has 1 atom stereocenters. The van der Waals surface area contributed by atoms with Crippen LogP contribution in [0, 0.1) is 0 Å². The Labute approximate surface area is 166 Å². The molecule has 0 aromatic heterocycles. The molecule has 5 heteroatoms. The molecule has 1 aliphatic heterocycles. The summed E-state index contributed by atoms with van der Waals surface area (Å²) in [4.78, 5) is 12.9. The number of anilines is 1. The normalized spacial score (nSPS) is 16.1. The van der Waals surface area contributed by atoms with Crippen molar-refractivity contribution in [1.29, 1.82) is 0 Å². The second kappa shape index (κ2) is 7.76. The monoisotopic (exact) mass is 419 g/mol. The summed E-state index contributed by atoms with van der Waals surface area (Å²) in [5.41, 5.74) is 3.75. The number of para-hydroxylation sites is 1. The third-order valence-electron chi connectivity index (χ3n) is 4.51. The summed E-state index contributed by atoms with van der Waals surface area (Å²) in [5.74, 6) is 0. The van der Waals surface area contributed by atoms with E-state index in [1.54, 1.807) is 5.01 Å². The van der Waals surface area contributed by atoms with Crippen LogP contribution in [-0.4, -0.2) is 16.8 Å². The highest BCUT2D eigenvalue weighted by Crippen LogP contribution is 2.33. The van der Waals surface area contributed by atoms with Crippen molar-refractivity contribution >= 4 is 33.4 Å². The van der Waals surface area contributed by atoms with Gasteiger partial charge in [-0.25, -0.2) is 9.80 Å². The molecule has 3 aromatic carbocycles. The summed E-state index contributed by atoms with van der Waals surface area (Å²) in [5, 5.41) is 9.15. The van der Waals surface area contributed by atoms with E-state index in [4.69, 9.17) is 0 Å². The van der Waals surface area contributed by atoms with Crippen molar-refractivity contribution in [1.82, 2.24) is 5.01 Å². The fraction of sp³-hybridized carbons (Fsp3) is 0.0909. The molecule has 0 saturated carbocycles. The molecule has 2 amide bonds. The SMILES string of the molecule is O=C(Nc1ccccc1)N1N=C(c2ccccc2)C[C@@H]1c1ccc(Br)cc1. The van der Waals surface area contributed by atoms with Gasteiger partial charge in [0.15, 0.2) is 0 Å². The van der Waals surface area contributed by atoms with Crippen LogP contribution in [0.2, 0.25) is 0 Å². The second-order valence-electron chi connectivity index (χ2n) is 6.32. The molecule has 0 aliphatic carbocycles. The molecule has 27 heavy (non-hydrogen) atoms. The minimum Gasteiger partial charge on any atom is -0.306 e. The molecule has 0 spiro atoms. The topological polar surface area (TPSA) is 44.7 Å². The number of urea groups is 1. The third-order valence-corrected chi connectivity index (χ3v) is 5.03. The van der Waals surface area contributed by atoms with Crippen LogP contribution in [-0.2, 0) is 0 Å². The van der Waals surface area contributed by atoms with Crippen molar-refractivity contribution in [2.24, 2.45) is 5.10 Å². The fourth-order valence-electron chi connectivity index (χ4n) is 3.15. The van der Waals surface area contributed by atoms with E-state index in [-0.39, 0.29) is 12.1 Å². The van der Waals surface area contributed by atoms with Crippen molar-refractivity contribution in [3.8, 4) is 0 Å².